The number of morpholine rings is 1. The lowest BCUT2D eigenvalue weighted by Crippen LogP contribution is -2.40. The third-order valence-corrected chi connectivity index (χ3v) is 4.28. The maximum Gasteiger partial charge on any atom is 0.269 e. The monoisotopic (exact) mass is 358 g/mol. The minimum Gasteiger partial charge on any atom is -0.416 e. The number of aromatic nitrogens is 5. The second-order valence-corrected chi connectivity index (χ2v) is 6.58. The number of benzene rings is 1. The van der Waals surface area contributed by atoms with Crippen LogP contribution in [0.25, 0.3) is 17.3 Å². The first-order chi connectivity index (χ1) is 12.5. The van der Waals surface area contributed by atoms with Crippen LogP contribution in [0.15, 0.2) is 28.8 Å². The Labute approximate surface area is 149 Å². The van der Waals surface area contributed by atoms with Crippen LogP contribution in [0.1, 0.15) is 24.5 Å². The summed E-state index contributed by atoms with van der Waals surface area (Å²) < 4.78 is 26.5. The third-order valence-electron chi connectivity index (χ3n) is 4.28. The number of rotatable bonds is 3. The highest BCUT2D eigenvalue weighted by atomic mass is 19.1. The Kier molecular flexibility index (Phi) is 4.25. The van der Waals surface area contributed by atoms with Gasteiger partial charge in [-0.1, -0.05) is 5.21 Å². The Hall–Kier alpha value is -2.65. The summed E-state index contributed by atoms with van der Waals surface area (Å²) in [6, 6.07) is 4.47. The maximum absolute atomic E-state index is 13.3. The molecule has 2 aromatic heterocycles. The Morgan fingerprint density at radius 3 is 2.81 bits per heavy atom. The molecule has 3 heterocycles. The van der Waals surface area contributed by atoms with E-state index < -0.39 is 0 Å². The lowest BCUT2D eigenvalue weighted by atomic mass is 10.2. The molecule has 0 spiro atoms. The summed E-state index contributed by atoms with van der Waals surface area (Å²) in [5, 5.41) is 16.3. The predicted molar refractivity (Wildman–Crippen MR) is 90.1 cm³/mol. The Balaban J connectivity index is 1.58. The van der Waals surface area contributed by atoms with Crippen molar-refractivity contribution in [2.24, 2.45) is 0 Å². The molecule has 0 bridgehead atoms. The molecule has 0 aliphatic carbocycles. The summed E-state index contributed by atoms with van der Waals surface area (Å²) in [4.78, 5) is 2.16. The molecule has 0 saturated carbocycles. The highest BCUT2D eigenvalue weighted by molar-refractivity contribution is 5.47. The van der Waals surface area contributed by atoms with Crippen molar-refractivity contribution < 1.29 is 13.5 Å². The second-order valence-electron chi connectivity index (χ2n) is 6.58. The minimum atomic E-state index is -0.292. The average Bonchev–Trinajstić information content (AvgIpc) is 3.23. The fourth-order valence-corrected chi connectivity index (χ4v) is 3.12. The zero-order valence-electron chi connectivity index (χ0n) is 14.8. The molecule has 1 aliphatic rings. The molecular formula is C17H19FN6O2. The van der Waals surface area contributed by atoms with Gasteiger partial charge >= 0.3 is 0 Å². The quantitative estimate of drug-likeness (QED) is 0.709. The van der Waals surface area contributed by atoms with Crippen LogP contribution >= 0.6 is 0 Å². The van der Waals surface area contributed by atoms with Crippen LogP contribution in [0, 0.1) is 12.7 Å². The standard InChI is InChI=1S/C17H19FN6O2/c1-10-6-12(18)4-5-14(10)24-8-13(19-22-24)16-20-21-17(26-16)15-9-23(3)7-11(2)25-15/h4-6,8,11,15H,7,9H2,1-3H3/t11-,15-/m1/s1. The fourth-order valence-electron chi connectivity index (χ4n) is 3.12. The van der Waals surface area contributed by atoms with E-state index in [2.05, 4.69) is 25.4 Å². The molecular weight excluding hydrogens is 339 g/mol. The Morgan fingerprint density at radius 2 is 2.04 bits per heavy atom. The van der Waals surface area contributed by atoms with E-state index in [0.29, 0.717) is 18.1 Å². The van der Waals surface area contributed by atoms with Crippen molar-refractivity contribution >= 4 is 0 Å². The van der Waals surface area contributed by atoms with Gasteiger partial charge in [-0.15, -0.1) is 15.3 Å². The van der Waals surface area contributed by atoms with Gasteiger partial charge in [0.25, 0.3) is 5.89 Å². The van der Waals surface area contributed by atoms with Crippen molar-refractivity contribution in [1.82, 2.24) is 30.1 Å². The van der Waals surface area contributed by atoms with Gasteiger partial charge in [0.2, 0.25) is 5.89 Å². The minimum absolute atomic E-state index is 0.0939. The van der Waals surface area contributed by atoms with E-state index in [4.69, 9.17) is 9.15 Å². The van der Waals surface area contributed by atoms with Crippen molar-refractivity contribution in [1.29, 1.82) is 0 Å². The molecule has 26 heavy (non-hydrogen) atoms. The number of hydrogen-bond acceptors (Lipinski definition) is 7. The molecule has 3 aromatic rings. The molecule has 0 radical (unpaired) electrons. The Morgan fingerprint density at radius 1 is 1.19 bits per heavy atom. The van der Waals surface area contributed by atoms with Gasteiger partial charge in [0.15, 0.2) is 5.69 Å². The zero-order chi connectivity index (χ0) is 18.3. The van der Waals surface area contributed by atoms with Gasteiger partial charge in [-0.05, 0) is 44.7 Å². The second kappa shape index (κ2) is 6.58. The van der Waals surface area contributed by atoms with E-state index in [1.54, 1.807) is 16.9 Å². The molecule has 136 valence electrons. The topological polar surface area (TPSA) is 82.1 Å². The van der Waals surface area contributed by atoms with Crippen LogP contribution in [-0.2, 0) is 4.74 Å². The highest BCUT2D eigenvalue weighted by Gasteiger charge is 2.29. The molecule has 0 amide bonds. The van der Waals surface area contributed by atoms with E-state index >= 15 is 0 Å². The summed E-state index contributed by atoms with van der Waals surface area (Å²) >= 11 is 0. The van der Waals surface area contributed by atoms with Gasteiger partial charge in [-0.2, -0.15) is 0 Å². The van der Waals surface area contributed by atoms with Crippen LogP contribution in [-0.4, -0.2) is 56.3 Å². The third kappa shape index (κ3) is 3.23. The lowest BCUT2D eigenvalue weighted by molar-refractivity contribution is -0.0821. The predicted octanol–water partition coefficient (Wildman–Crippen LogP) is 2.16. The summed E-state index contributed by atoms with van der Waals surface area (Å²) in [7, 11) is 2.03. The van der Waals surface area contributed by atoms with Gasteiger partial charge in [0.1, 0.15) is 11.9 Å². The van der Waals surface area contributed by atoms with Crippen LogP contribution in [0.4, 0.5) is 4.39 Å². The van der Waals surface area contributed by atoms with Crippen LogP contribution in [0.2, 0.25) is 0 Å². The van der Waals surface area contributed by atoms with E-state index in [0.717, 1.165) is 17.8 Å². The molecule has 0 unspecified atom stereocenters. The molecule has 0 N–H and O–H groups in total. The molecule has 4 rings (SSSR count). The van der Waals surface area contributed by atoms with Gasteiger partial charge in [-0.3, -0.25) is 0 Å². The molecule has 1 aromatic carbocycles. The highest BCUT2D eigenvalue weighted by Crippen LogP contribution is 2.26. The smallest absolute Gasteiger partial charge is 0.269 e. The van der Waals surface area contributed by atoms with Crippen molar-refractivity contribution in [2.75, 3.05) is 20.1 Å². The van der Waals surface area contributed by atoms with Gasteiger partial charge < -0.3 is 14.1 Å². The number of likely N-dealkylation sites (N-methyl/N-ethyl adjacent to an activating group) is 1. The number of aryl methyl sites for hydroxylation is 1. The van der Waals surface area contributed by atoms with E-state index in [9.17, 15) is 4.39 Å². The first-order valence-electron chi connectivity index (χ1n) is 8.36. The van der Waals surface area contributed by atoms with Crippen LogP contribution < -0.4 is 0 Å². The summed E-state index contributed by atoms with van der Waals surface area (Å²) in [5.74, 6) is 0.404. The normalized spacial score (nSPS) is 21.2. The SMILES string of the molecule is Cc1cc(F)ccc1-n1cc(-c2nnc([C@H]3CN(C)C[C@@H](C)O3)o2)nn1. The van der Waals surface area contributed by atoms with E-state index in [-0.39, 0.29) is 23.9 Å². The van der Waals surface area contributed by atoms with Crippen molar-refractivity contribution in [3.63, 3.8) is 0 Å². The van der Waals surface area contributed by atoms with Crippen molar-refractivity contribution in [2.45, 2.75) is 26.1 Å². The average molecular weight is 358 g/mol. The van der Waals surface area contributed by atoms with Crippen LogP contribution in [0.3, 0.4) is 0 Å². The molecule has 8 nitrogen and oxygen atoms in total. The summed E-state index contributed by atoms with van der Waals surface area (Å²) in [6.45, 7) is 5.37. The van der Waals surface area contributed by atoms with Crippen molar-refractivity contribution in [3.8, 4) is 17.3 Å². The van der Waals surface area contributed by atoms with Crippen molar-refractivity contribution in [3.05, 3.63) is 41.7 Å². The first kappa shape index (κ1) is 16.8. The van der Waals surface area contributed by atoms with E-state index in [1.165, 1.54) is 12.1 Å². The zero-order valence-corrected chi connectivity index (χ0v) is 14.8. The number of halogens is 1. The fraction of sp³-hybridized carbons (Fsp3) is 0.412. The number of nitrogens with zero attached hydrogens (tertiary/aromatic N) is 6. The molecule has 1 saturated heterocycles. The molecule has 9 heteroatoms. The maximum atomic E-state index is 13.3. The first-order valence-corrected chi connectivity index (χ1v) is 8.36. The molecule has 1 aliphatic heterocycles. The number of hydrogen-bond donors (Lipinski definition) is 0. The molecule has 2 atom stereocenters. The Bertz CT molecular complexity index is 914. The largest absolute Gasteiger partial charge is 0.416 e. The molecule has 1 fully saturated rings. The van der Waals surface area contributed by atoms with E-state index in [1.807, 2.05) is 20.9 Å². The van der Waals surface area contributed by atoms with Gasteiger partial charge in [0, 0.05) is 13.1 Å². The summed E-state index contributed by atoms with van der Waals surface area (Å²) in [6.07, 6.45) is 1.50. The summed E-state index contributed by atoms with van der Waals surface area (Å²) in [5.41, 5.74) is 1.93. The van der Waals surface area contributed by atoms with Gasteiger partial charge in [0.05, 0.1) is 18.0 Å². The van der Waals surface area contributed by atoms with Crippen LogP contribution in [0.5, 0.6) is 0 Å². The lowest BCUT2D eigenvalue weighted by Gasteiger charge is -2.32. The number of ether oxygens (including phenoxy) is 1. The van der Waals surface area contributed by atoms with Gasteiger partial charge in [-0.25, -0.2) is 9.07 Å².